The molecule has 0 saturated heterocycles. The lowest BCUT2D eigenvalue weighted by Gasteiger charge is -2.22. The second kappa shape index (κ2) is 7.94. The number of nitrogen functional groups attached to an aromatic ring is 1. The number of pyridine rings is 1. The van der Waals surface area contributed by atoms with Gasteiger partial charge in [0.2, 0.25) is 11.2 Å². The molecule has 0 radical (unpaired) electrons. The molecule has 0 atom stereocenters. The largest absolute Gasteiger partial charge is 0.482 e. The molecule has 144 valence electrons. The summed E-state index contributed by atoms with van der Waals surface area (Å²) in [5.41, 5.74) is 4.30. The van der Waals surface area contributed by atoms with E-state index in [1.54, 1.807) is 45.0 Å². The number of ether oxygens (including phenoxy) is 3. The minimum absolute atomic E-state index is 0.00214. The van der Waals surface area contributed by atoms with Crippen LogP contribution in [-0.4, -0.2) is 29.3 Å². The Morgan fingerprint density at radius 3 is 2.33 bits per heavy atom. The van der Waals surface area contributed by atoms with Gasteiger partial charge >= 0.3 is 12.1 Å². The predicted octanol–water partition coefficient (Wildman–Crippen LogP) is 2.58. The van der Waals surface area contributed by atoms with Crippen LogP contribution in [0.3, 0.4) is 0 Å². The first-order valence-electron chi connectivity index (χ1n) is 8.17. The van der Waals surface area contributed by atoms with Crippen LogP contribution < -0.4 is 15.9 Å². The van der Waals surface area contributed by atoms with Crippen LogP contribution in [0.4, 0.5) is 10.5 Å². The first-order chi connectivity index (χ1) is 12.6. The summed E-state index contributed by atoms with van der Waals surface area (Å²) in [7, 11) is 1.13. The SMILES string of the molecule is COC(=O)c1c(OCc2ccccc2)c(=O)c(N)cn1C(=O)OC(C)(C)C. The highest BCUT2D eigenvalue weighted by atomic mass is 16.6. The van der Waals surface area contributed by atoms with E-state index in [0.717, 1.165) is 23.4 Å². The summed E-state index contributed by atoms with van der Waals surface area (Å²) in [6, 6.07) is 9.02. The van der Waals surface area contributed by atoms with Crippen LogP contribution in [0.25, 0.3) is 0 Å². The minimum atomic E-state index is -0.930. The van der Waals surface area contributed by atoms with Crippen LogP contribution in [0, 0.1) is 0 Å². The average Bonchev–Trinajstić information content (AvgIpc) is 2.61. The zero-order valence-electron chi connectivity index (χ0n) is 15.6. The molecule has 2 rings (SSSR count). The number of hydrogen-bond acceptors (Lipinski definition) is 7. The second-order valence-corrected chi connectivity index (χ2v) is 6.71. The fourth-order valence-electron chi connectivity index (χ4n) is 2.22. The minimum Gasteiger partial charge on any atom is -0.482 e. The highest BCUT2D eigenvalue weighted by Crippen LogP contribution is 2.21. The summed E-state index contributed by atoms with van der Waals surface area (Å²) in [5, 5.41) is 0. The summed E-state index contributed by atoms with van der Waals surface area (Å²) in [6.07, 6.45) is 0.136. The standard InChI is InChI=1S/C19H22N2O6/c1-19(2,3)27-18(24)21-10-13(20)15(22)16(14(21)17(23)25-4)26-11-12-8-6-5-7-9-12/h5-10H,11,20H2,1-4H3. The third-order valence-corrected chi connectivity index (χ3v) is 3.39. The van der Waals surface area contributed by atoms with Crippen LogP contribution in [0.5, 0.6) is 5.75 Å². The molecule has 1 heterocycles. The Kier molecular flexibility index (Phi) is 5.89. The van der Waals surface area contributed by atoms with Gasteiger partial charge in [-0.15, -0.1) is 0 Å². The third-order valence-electron chi connectivity index (χ3n) is 3.39. The Hall–Kier alpha value is -3.29. The molecule has 0 unspecified atom stereocenters. The van der Waals surface area contributed by atoms with Crippen molar-refractivity contribution in [1.29, 1.82) is 0 Å². The Bertz CT molecular complexity index is 897. The summed E-state index contributed by atoms with van der Waals surface area (Å²) < 4.78 is 16.4. The molecule has 8 heteroatoms. The lowest BCUT2D eigenvalue weighted by molar-refractivity contribution is 0.0474. The number of hydrogen-bond donors (Lipinski definition) is 1. The molecule has 8 nitrogen and oxygen atoms in total. The van der Waals surface area contributed by atoms with Crippen molar-refractivity contribution in [3.63, 3.8) is 0 Å². The average molecular weight is 374 g/mol. The van der Waals surface area contributed by atoms with Crippen LogP contribution in [-0.2, 0) is 16.1 Å². The van der Waals surface area contributed by atoms with Crippen molar-refractivity contribution in [1.82, 2.24) is 4.57 Å². The second-order valence-electron chi connectivity index (χ2n) is 6.71. The monoisotopic (exact) mass is 374 g/mol. The van der Waals surface area contributed by atoms with Crippen molar-refractivity contribution in [2.45, 2.75) is 33.0 Å². The number of rotatable bonds is 4. The Morgan fingerprint density at radius 1 is 1.15 bits per heavy atom. The van der Waals surface area contributed by atoms with E-state index in [1.807, 2.05) is 6.07 Å². The molecule has 0 aliphatic heterocycles. The van der Waals surface area contributed by atoms with Gasteiger partial charge in [0.25, 0.3) is 0 Å². The predicted molar refractivity (Wildman–Crippen MR) is 98.9 cm³/mol. The summed E-state index contributed by atoms with van der Waals surface area (Å²) in [5.74, 6) is -1.31. The molecule has 1 aromatic heterocycles. The van der Waals surface area contributed by atoms with Gasteiger partial charge in [-0.3, -0.25) is 4.79 Å². The maximum absolute atomic E-state index is 12.5. The fourth-order valence-corrected chi connectivity index (χ4v) is 2.22. The number of carbonyl (C=O) groups is 2. The van der Waals surface area contributed by atoms with Crippen LogP contribution in [0.15, 0.2) is 41.3 Å². The number of methoxy groups -OCH3 is 1. The number of nitrogens with two attached hydrogens (primary N) is 1. The Labute approximate surface area is 156 Å². The van der Waals surface area contributed by atoms with Gasteiger partial charge < -0.3 is 19.9 Å². The molecular formula is C19H22N2O6. The molecular weight excluding hydrogens is 352 g/mol. The van der Waals surface area contributed by atoms with Gasteiger partial charge in [0.05, 0.1) is 7.11 Å². The Morgan fingerprint density at radius 2 is 1.78 bits per heavy atom. The van der Waals surface area contributed by atoms with Crippen molar-refractivity contribution in [2.75, 3.05) is 12.8 Å². The van der Waals surface area contributed by atoms with Crippen molar-refractivity contribution >= 4 is 17.7 Å². The van der Waals surface area contributed by atoms with Gasteiger partial charge in [-0.2, -0.15) is 0 Å². The smallest absolute Gasteiger partial charge is 0.419 e. The topological polar surface area (TPSA) is 110 Å². The van der Waals surface area contributed by atoms with Crippen LogP contribution in [0.2, 0.25) is 0 Å². The van der Waals surface area contributed by atoms with Crippen molar-refractivity contribution < 1.29 is 23.8 Å². The molecule has 0 spiro atoms. The van der Waals surface area contributed by atoms with E-state index in [-0.39, 0.29) is 23.7 Å². The van der Waals surface area contributed by atoms with Gasteiger partial charge in [0.1, 0.15) is 17.9 Å². The highest BCUT2D eigenvalue weighted by molar-refractivity contribution is 5.95. The van der Waals surface area contributed by atoms with Crippen LogP contribution in [0.1, 0.15) is 36.8 Å². The van der Waals surface area contributed by atoms with E-state index >= 15 is 0 Å². The zero-order chi connectivity index (χ0) is 20.2. The van der Waals surface area contributed by atoms with E-state index in [2.05, 4.69) is 0 Å². The highest BCUT2D eigenvalue weighted by Gasteiger charge is 2.28. The molecule has 0 bridgehead atoms. The number of aromatic nitrogens is 1. The van der Waals surface area contributed by atoms with E-state index in [0.29, 0.717) is 0 Å². The zero-order valence-corrected chi connectivity index (χ0v) is 15.6. The lowest BCUT2D eigenvalue weighted by Crippen LogP contribution is -2.32. The fraction of sp³-hybridized carbons (Fsp3) is 0.316. The molecule has 0 fully saturated rings. The molecule has 0 aliphatic rings. The van der Waals surface area contributed by atoms with Crippen molar-refractivity contribution in [3.05, 3.63) is 58.0 Å². The quantitative estimate of drug-likeness (QED) is 0.819. The first kappa shape index (κ1) is 20.0. The van der Waals surface area contributed by atoms with E-state index in [9.17, 15) is 14.4 Å². The number of esters is 1. The van der Waals surface area contributed by atoms with E-state index in [1.165, 1.54) is 0 Å². The molecule has 2 aromatic rings. The number of benzene rings is 1. The number of carbonyl (C=O) groups excluding carboxylic acids is 2. The summed E-state index contributed by atoms with van der Waals surface area (Å²) in [6.45, 7) is 5.00. The maximum Gasteiger partial charge on any atom is 0.419 e. The number of anilines is 1. The van der Waals surface area contributed by atoms with Crippen molar-refractivity contribution in [2.24, 2.45) is 0 Å². The molecule has 0 aliphatic carbocycles. The summed E-state index contributed by atoms with van der Waals surface area (Å²) in [4.78, 5) is 37.3. The normalized spacial score (nSPS) is 11.0. The lowest BCUT2D eigenvalue weighted by atomic mass is 10.2. The third kappa shape index (κ3) is 4.87. The van der Waals surface area contributed by atoms with Crippen molar-refractivity contribution in [3.8, 4) is 5.75 Å². The number of nitrogens with zero attached hydrogens (tertiary/aromatic N) is 1. The first-order valence-corrected chi connectivity index (χ1v) is 8.17. The van der Waals surface area contributed by atoms with Gasteiger partial charge in [0, 0.05) is 6.20 Å². The van der Waals surface area contributed by atoms with Gasteiger partial charge in [0.15, 0.2) is 5.69 Å². The maximum atomic E-state index is 12.5. The molecule has 0 amide bonds. The van der Waals surface area contributed by atoms with Crippen LogP contribution >= 0.6 is 0 Å². The van der Waals surface area contributed by atoms with E-state index < -0.39 is 23.1 Å². The van der Waals surface area contributed by atoms with Gasteiger partial charge in [-0.1, -0.05) is 30.3 Å². The van der Waals surface area contributed by atoms with Gasteiger partial charge in [-0.05, 0) is 26.3 Å². The molecule has 2 N–H and O–H groups in total. The summed E-state index contributed by atoms with van der Waals surface area (Å²) >= 11 is 0. The molecule has 0 saturated carbocycles. The van der Waals surface area contributed by atoms with Gasteiger partial charge in [-0.25, -0.2) is 14.2 Å². The molecule has 1 aromatic carbocycles. The Balaban J connectivity index is 2.54. The van der Waals surface area contributed by atoms with E-state index in [4.69, 9.17) is 19.9 Å². The molecule has 27 heavy (non-hydrogen) atoms.